The molecule has 0 bridgehead atoms. The molecule has 1 aromatic rings. The highest BCUT2D eigenvalue weighted by atomic mass is 16.5. The molecule has 68 valence electrons. The molecule has 1 aromatic heterocycles. The van der Waals surface area contributed by atoms with Gasteiger partial charge in [-0.25, -0.2) is 0 Å². The third-order valence-corrected chi connectivity index (χ3v) is 0.918. The minimum atomic E-state index is -0.745. The molecule has 0 spiro atoms. The third kappa shape index (κ3) is 5.28. The summed E-state index contributed by atoms with van der Waals surface area (Å²) in [5.74, 6) is -0.181. The standard InChI is InChI=1S/C4H5NO2.C3H6O2/c1-3-2-4(6)5-7-3;1-2-3(4)5/h2H,1H3,(H,5,6);2H2,1H3,(H,4,5). The van der Waals surface area contributed by atoms with Crippen LogP contribution in [0.3, 0.4) is 0 Å². The smallest absolute Gasteiger partial charge is 0.303 e. The highest BCUT2D eigenvalue weighted by Crippen LogP contribution is 2.05. The molecule has 2 N–H and O–H groups in total. The minimum absolute atomic E-state index is 0.0579. The molecule has 0 atom stereocenters. The van der Waals surface area contributed by atoms with E-state index in [4.69, 9.17) is 10.2 Å². The number of hydrogen-bond donors (Lipinski definition) is 2. The maximum Gasteiger partial charge on any atom is 0.303 e. The Morgan fingerprint density at radius 2 is 2.25 bits per heavy atom. The average molecular weight is 173 g/mol. The highest BCUT2D eigenvalue weighted by Gasteiger charge is 1.91. The van der Waals surface area contributed by atoms with Crippen molar-refractivity contribution < 1.29 is 19.5 Å². The van der Waals surface area contributed by atoms with E-state index in [9.17, 15) is 4.79 Å². The number of carboxylic acids is 1. The van der Waals surface area contributed by atoms with Crippen molar-refractivity contribution in [1.82, 2.24) is 5.16 Å². The zero-order valence-electron chi connectivity index (χ0n) is 6.94. The summed E-state index contributed by atoms with van der Waals surface area (Å²) in [4.78, 5) is 9.37. The molecular weight excluding hydrogens is 162 g/mol. The van der Waals surface area contributed by atoms with Gasteiger partial charge >= 0.3 is 5.97 Å². The first-order valence-corrected chi connectivity index (χ1v) is 3.40. The second-order valence-corrected chi connectivity index (χ2v) is 2.04. The minimum Gasteiger partial charge on any atom is -0.491 e. The molecule has 0 saturated heterocycles. The van der Waals surface area contributed by atoms with Crippen LogP contribution in [0.15, 0.2) is 10.6 Å². The van der Waals surface area contributed by atoms with Crippen LogP contribution in [-0.2, 0) is 4.79 Å². The van der Waals surface area contributed by atoms with E-state index in [2.05, 4.69) is 9.68 Å². The zero-order chi connectivity index (χ0) is 9.56. The van der Waals surface area contributed by atoms with E-state index >= 15 is 0 Å². The second kappa shape index (κ2) is 5.17. The van der Waals surface area contributed by atoms with Crippen molar-refractivity contribution >= 4 is 5.97 Å². The molecule has 0 amide bonds. The van der Waals surface area contributed by atoms with Crippen LogP contribution < -0.4 is 0 Å². The largest absolute Gasteiger partial charge is 0.491 e. The monoisotopic (exact) mass is 173 g/mol. The SMILES string of the molecule is CCC(=O)O.Cc1cc(O)no1. The Bertz CT molecular complexity index is 227. The van der Waals surface area contributed by atoms with Crippen LogP contribution >= 0.6 is 0 Å². The van der Waals surface area contributed by atoms with E-state index in [0.29, 0.717) is 5.76 Å². The summed E-state index contributed by atoms with van der Waals surface area (Å²) in [6, 6.07) is 1.44. The molecule has 0 aliphatic heterocycles. The summed E-state index contributed by atoms with van der Waals surface area (Å²) in [5.41, 5.74) is 0. The van der Waals surface area contributed by atoms with Crippen LogP contribution in [0.4, 0.5) is 0 Å². The molecule has 1 rings (SSSR count). The lowest BCUT2D eigenvalue weighted by Crippen LogP contribution is -1.86. The number of aliphatic carboxylic acids is 1. The van der Waals surface area contributed by atoms with Crippen LogP contribution in [-0.4, -0.2) is 21.3 Å². The Hall–Kier alpha value is -1.52. The lowest BCUT2D eigenvalue weighted by molar-refractivity contribution is -0.136. The van der Waals surface area contributed by atoms with Crippen LogP contribution in [0.25, 0.3) is 0 Å². The van der Waals surface area contributed by atoms with Crippen molar-refractivity contribution in [3.05, 3.63) is 11.8 Å². The molecule has 12 heavy (non-hydrogen) atoms. The number of rotatable bonds is 1. The van der Waals surface area contributed by atoms with E-state index in [0.717, 1.165) is 0 Å². The predicted molar refractivity (Wildman–Crippen MR) is 40.8 cm³/mol. The predicted octanol–water partition coefficient (Wildman–Crippen LogP) is 1.17. The van der Waals surface area contributed by atoms with Gasteiger partial charge < -0.3 is 14.7 Å². The second-order valence-electron chi connectivity index (χ2n) is 2.04. The van der Waals surface area contributed by atoms with E-state index < -0.39 is 5.97 Å². The van der Waals surface area contributed by atoms with Gasteiger partial charge in [0.15, 0.2) is 0 Å². The zero-order valence-corrected chi connectivity index (χ0v) is 6.94. The van der Waals surface area contributed by atoms with E-state index in [1.807, 2.05) is 0 Å². The van der Waals surface area contributed by atoms with Crippen molar-refractivity contribution in [2.75, 3.05) is 0 Å². The maximum absolute atomic E-state index is 9.37. The molecular formula is C7H11NO4. The molecule has 1 heterocycles. The summed E-state index contributed by atoms with van der Waals surface area (Å²) in [6.07, 6.45) is 0.222. The van der Waals surface area contributed by atoms with Gasteiger partial charge in [-0.3, -0.25) is 4.79 Å². The van der Waals surface area contributed by atoms with Gasteiger partial charge in [-0.1, -0.05) is 6.92 Å². The van der Waals surface area contributed by atoms with Crippen LogP contribution in [0, 0.1) is 6.92 Å². The van der Waals surface area contributed by atoms with Gasteiger partial charge in [0.25, 0.3) is 5.88 Å². The van der Waals surface area contributed by atoms with Gasteiger partial charge in [-0.15, -0.1) is 0 Å². The first-order valence-electron chi connectivity index (χ1n) is 3.40. The molecule has 0 aliphatic rings. The van der Waals surface area contributed by atoms with Gasteiger partial charge in [0.1, 0.15) is 5.76 Å². The fraction of sp³-hybridized carbons (Fsp3) is 0.429. The van der Waals surface area contributed by atoms with Crippen molar-refractivity contribution in [2.24, 2.45) is 0 Å². The Morgan fingerprint density at radius 1 is 1.75 bits per heavy atom. The van der Waals surface area contributed by atoms with Gasteiger partial charge in [0, 0.05) is 12.5 Å². The Labute approximate surface area is 69.6 Å². The molecule has 0 aromatic carbocycles. The summed E-state index contributed by atoms with van der Waals surface area (Å²) >= 11 is 0. The Kier molecular flexibility index (Phi) is 4.52. The highest BCUT2D eigenvalue weighted by molar-refractivity contribution is 5.66. The first kappa shape index (κ1) is 10.5. The fourth-order valence-electron chi connectivity index (χ4n) is 0.353. The van der Waals surface area contributed by atoms with Gasteiger partial charge in [-0.2, -0.15) is 0 Å². The van der Waals surface area contributed by atoms with E-state index in [1.165, 1.54) is 6.07 Å². The molecule has 0 saturated carbocycles. The number of carboxylic acid groups (broad SMARTS) is 1. The quantitative estimate of drug-likeness (QED) is 0.665. The summed E-state index contributed by atoms with van der Waals surface area (Å²) in [6.45, 7) is 3.31. The summed E-state index contributed by atoms with van der Waals surface area (Å²) in [5, 5.41) is 19.4. The van der Waals surface area contributed by atoms with Crippen molar-refractivity contribution in [2.45, 2.75) is 20.3 Å². The Balaban J connectivity index is 0.000000217. The summed E-state index contributed by atoms with van der Waals surface area (Å²) in [7, 11) is 0. The molecule has 5 nitrogen and oxygen atoms in total. The van der Waals surface area contributed by atoms with E-state index in [-0.39, 0.29) is 12.3 Å². The van der Waals surface area contributed by atoms with Crippen molar-refractivity contribution in [1.29, 1.82) is 0 Å². The molecule has 5 heteroatoms. The number of carbonyl (C=O) groups is 1. The van der Waals surface area contributed by atoms with Gasteiger partial charge in [0.05, 0.1) is 0 Å². The molecule has 0 aliphatic carbocycles. The van der Waals surface area contributed by atoms with Gasteiger partial charge in [0.2, 0.25) is 0 Å². The van der Waals surface area contributed by atoms with E-state index in [1.54, 1.807) is 13.8 Å². The molecule has 0 unspecified atom stereocenters. The van der Waals surface area contributed by atoms with Gasteiger partial charge in [-0.05, 0) is 12.1 Å². The maximum atomic E-state index is 9.37. The third-order valence-electron chi connectivity index (χ3n) is 0.918. The lowest BCUT2D eigenvalue weighted by atomic mass is 10.5. The van der Waals surface area contributed by atoms with Crippen molar-refractivity contribution in [3.63, 3.8) is 0 Å². The van der Waals surface area contributed by atoms with Crippen LogP contribution in [0.2, 0.25) is 0 Å². The lowest BCUT2D eigenvalue weighted by Gasteiger charge is -1.71. The first-order chi connectivity index (χ1) is 5.56. The fourth-order valence-corrected chi connectivity index (χ4v) is 0.353. The number of aryl methyl sites for hydroxylation is 1. The van der Waals surface area contributed by atoms with Crippen LogP contribution in [0.1, 0.15) is 19.1 Å². The molecule has 0 radical (unpaired) electrons. The number of hydrogen-bond acceptors (Lipinski definition) is 4. The number of aromatic nitrogens is 1. The average Bonchev–Trinajstić information content (AvgIpc) is 2.36. The molecule has 0 fully saturated rings. The van der Waals surface area contributed by atoms with Crippen LogP contribution in [0.5, 0.6) is 5.88 Å². The normalized spacial score (nSPS) is 8.50. The van der Waals surface area contributed by atoms with Crippen molar-refractivity contribution in [3.8, 4) is 5.88 Å². The summed E-state index contributed by atoms with van der Waals surface area (Å²) < 4.78 is 4.46. The Morgan fingerprint density at radius 3 is 2.33 bits per heavy atom. The topological polar surface area (TPSA) is 83.6 Å². The number of nitrogens with zero attached hydrogens (tertiary/aromatic N) is 1. The number of aromatic hydroxyl groups is 1.